The fourth-order valence-corrected chi connectivity index (χ4v) is 6.71. The Hall–Kier alpha value is -2.43. The van der Waals surface area contributed by atoms with Crippen molar-refractivity contribution in [1.82, 2.24) is 0 Å². The molecular formula is C16H10O5Se. The zero-order valence-corrected chi connectivity index (χ0v) is 13.2. The molecule has 6 heteroatoms. The zero-order valence-electron chi connectivity index (χ0n) is 11.5. The van der Waals surface area contributed by atoms with E-state index in [1.807, 2.05) is 0 Å². The van der Waals surface area contributed by atoms with Crippen molar-refractivity contribution in [3.63, 3.8) is 0 Å². The third kappa shape index (κ3) is 1.56. The van der Waals surface area contributed by atoms with E-state index in [-0.39, 0.29) is 20.1 Å². The van der Waals surface area contributed by atoms with Gasteiger partial charge in [0.05, 0.1) is 0 Å². The first-order chi connectivity index (χ1) is 10.5. The summed E-state index contributed by atoms with van der Waals surface area (Å²) in [5, 5.41) is 0.414. The van der Waals surface area contributed by atoms with Crippen LogP contribution in [0, 0.1) is 0 Å². The Labute approximate surface area is 126 Å². The molecule has 1 aliphatic heterocycles. The maximum absolute atomic E-state index is 12.9. The standard InChI is InChI=1S/C16H10O5Se/c1-20-9-6-7-10-12(8-9)21-16(17)14-11-4-2-3-5-13(11)22(18,19)15(10)14/h2-8H,1H3. The number of ether oxygens (including phenoxy) is 1. The molecule has 2 aromatic carbocycles. The van der Waals surface area contributed by atoms with Crippen LogP contribution in [0.1, 0.15) is 0 Å². The summed E-state index contributed by atoms with van der Waals surface area (Å²) in [6.45, 7) is 0. The minimum absolute atomic E-state index is 0.0892. The molecule has 5 nitrogen and oxygen atoms in total. The van der Waals surface area contributed by atoms with Gasteiger partial charge in [0.2, 0.25) is 0 Å². The molecule has 2 heterocycles. The molecule has 0 radical (unpaired) electrons. The van der Waals surface area contributed by atoms with E-state index in [2.05, 4.69) is 0 Å². The molecule has 110 valence electrons. The summed E-state index contributed by atoms with van der Waals surface area (Å²) in [5.74, 6) is 0.497. The molecule has 0 N–H and O–H groups in total. The van der Waals surface area contributed by atoms with Crippen LogP contribution in [0.2, 0.25) is 0 Å². The summed E-state index contributed by atoms with van der Waals surface area (Å²) in [7, 11) is 1.49. The van der Waals surface area contributed by atoms with Crippen molar-refractivity contribution in [2.45, 2.75) is 0 Å². The van der Waals surface area contributed by atoms with Crippen molar-refractivity contribution in [3.05, 3.63) is 52.9 Å². The summed E-state index contributed by atoms with van der Waals surface area (Å²) >= 11 is -4.62. The predicted octanol–water partition coefficient (Wildman–Crippen LogP) is 1.20. The summed E-state index contributed by atoms with van der Waals surface area (Å²) in [4.78, 5) is 12.3. The van der Waals surface area contributed by atoms with Crippen LogP contribution in [0.5, 0.6) is 5.75 Å². The van der Waals surface area contributed by atoms with Crippen LogP contribution >= 0.6 is 0 Å². The first kappa shape index (κ1) is 13.2. The van der Waals surface area contributed by atoms with Crippen LogP contribution in [0.4, 0.5) is 0 Å². The van der Waals surface area contributed by atoms with Crippen LogP contribution in [-0.2, 0) is 7.67 Å². The van der Waals surface area contributed by atoms with Crippen LogP contribution < -0.4 is 19.3 Å². The summed E-state index contributed by atoms with van der Waals surface area (Å²) < 4.78 is 36.4. The van der Waals surface area contributed by atoms with Crippen LogP contribution in [0.25, 0.3) is 22.1 Å². The molecule has 4 rings (SSSR count). The summed E-state index contributed by atoms with van der Waals surface area (Å²) in [6.07, 6.45) is 0. The van der Waals surface area contributed by atoms with Crippen molar-refractivity contribution in [3.8, 4) is 16.9 Å². The van der Waals surface area contributed by atoms with E-state index < -0.39 is 18.3 Å². The number of hydrogen-bond acceptors (Lipinski definition) is 5. The molecule has 0 saturated heterocycles. The SMILES string of the molecule is COc1ccc2c3c(c(=O)oc2c1)-c1ccccc1[Se]3(=O)=O. The normalized spacial score (nSPS) is 14.6. The van der Waals surface area contributed by atoms with Gasteiger partial charge in [-0.05, 0) is 0 Å². The van der Waals surface area contributed by atoms with Gasteiger partial charge in [-0.2, -0.15) is 0 Å². The first-order valence-corrected chi connectivity index (χ1v) is 9.64. The number of fused-ring (bicyclic) bond motifs is 5. The Morgan fingerprint density at radius 3 is 2.64 bits per heavy atom. The molecule has 0 amide bonds. The molecule has 0 unspecified atom stereocenters. The molecule has 0 aliphatic carbocycles. The number of rotatable bonds is 1. The van der Waals surface area contributed by atoms with Crippen LogP contribution in [-0.4, -0.2) is 19.8 Å². The molecule has 22 heavy (non-hydrogen) atoms. The van der Waals surface area contributed by atoms with Crippen molar-refractivity contribution in [2.75, 3.05) is 7.11 Å². The van der Waals surface area contributed by atoms with Crippen molar-refractivity contribution in [1.29, 1.82) is 0 Å². The fourth-order valence-electron chi connectivity index (χ4n) is 2.81. The monoisotopic (exact) mass is 362 g/mol. The van der Waals surface area contributed by atoms with Crippen LogP contribution in [0.3, 0.4) is 0 Å². The van der Waals surface area contributed by atoms with Gasteiger partial charge in [0, 0.05) is 0 Å². The Morgan fingerprint density at radius 1 is 1.09 bits per heavy atom. The van der Waals surface area contributed by atoms with E-state index in [0.717, 1.165) is 0 Å². The Kier molecular flexibility index (Phi) is 2.58. The summed E-state index contributed by atoms with van der Waals surface area (Å²) in [6, 6.07) is 11.3. The second-order valence-corrected chi connectivity index (χ2v) is 8.85. The Morgan fingerprint density at radius 2 is 1.86 bits per heavy atom. The average molecular weight is 361 g/mol. The second-order valence-electron chi connectivity index (χ2n) is 4.96. The van der Waals surface area contributed by atoms with E-state index in [4.69, 9.17) is 9.15 Å². The second kappa shape index (κ2) is 4.29. The molecule has 3 aromatic rings. The van der Waals surface area contributed by atoms with Gasteiger partial charge >= 0.3 is 126 Å². The zero-order chi connectivity index (χ0) is 15.5. The van der Waals surface area contributed by atoms with Gasteiger partial charge in [-0.15, -0.1) is 0 Å². The quantitative estimate of drug-likeness (QED) is 0.376. The third-order valence-electron chi connectivity index (χ3n) is 3.78. The molecule has 0 saturated carbocycles. The van der Waals surface area contributed by atoms with Gasteiger partial charge in [0.1, 0.15) is 0 Å². The maximum atomic E-state index is 12.9. The van der Waals surface area contributed by atoms with E-state index in [1.54, 1.807) is 30.3 Å². The average Bonchev–Trinajstić information content (AvgIpc) is 2.76. The van der Waals surface area contributed by atoms with Crippen molar-refractivity contribution < 1.29 is 16.8 Å². The first-order valence-electron chi connectivity index (χ1n) is 6.53. The van der Waals surface area contributed by atoms with Gasteiger partial charge in [0.25, 0.3) is 0 Å². The molecule has 0 atom stereocenters. The van der Waals surface area contributed by atoms with Gasteiger partial charge < -0.3 is 0 Å². The molecule has 1 aromatic heterocycles. The van der Waals surface area contributed by atoms with Gasteiger partial charge in [-0.1, -0.05) is 0 Å². The molecule has 0 bridgehead atoms. The van der Waals surface area contributed by atoms with Crippen molar-refractivity contribution in [2.24, 2.45) is 0 Å². The molecular weight excluding hydrogens is 351 g/mol. The van der Waals surface area contributed by atoms with Crippen LogP contribution in [0.15, 0.2) is 51.7 Å². The van der Waals surface area contributed by atoms with E-state index >= 15 is 0 Å². The van der Waals surface area contributed by atoms with E-state index in [9.17, 15) is 12.5 Å². The Balaban J connectivity index is 2.24. The molecule has 1 aliphatic rings. The molecule has 0 fully saturated rings. The number of methoxy groups -OCH3 is 1. The molecule has 0 spiro atoms. The van der Waals surface area contributed by atoms with Crippen molar-refractivity contribution >= 4 is 32.6 Å². The minimum atomic E-state index is -4.62. The topological polar surface area (TPSA) is 73.6 Å². The third-order valence-corrected chi connectivity index (χ3v) is 7.76. The van der Waals surface area contributed by atoms with Gasteiger partial charge in [-0.3, -0.25) is 0 Å². The Bertz CT molecular complexity index is 1090. The van der Waals surface area contributed by atoms with E-state index in [0.29, 0.717) is 16.7 Å². The number of benzene rings is 2. The summed E-state index contributed by atoms with van der Waals surface area (Å²) in [5.41, 5.74) is 0.130. The predicted molar refractivity (Wildman–Crippen MR) is 80.9 cm³/mol. The van der Waals surface area contributed by atoms with Gasteiger partial charge in [0.15, 0.2) is 0 Å². The number of hydrogen-bond donors (Lipinski definition) is 0. The van der Waals surface area contributed by atoms with E-state index in [1.165, 1.54) is 19.2 Å². The van der Waals surface area contributed by atoms with Gasteiger partial charge in [-0.25, -0.2) is 0 Å². The fraction of sp³-hybridized carbons (Fsp3) is 0.0625.